The van der Waals surface area contributed by atoms with Crippen LogP contribution in [0.2, 0.25) is 0 Å². The number of nitrogens with one attached hydrogen (secondary N) is 1. The summed E-state index contributed by atoms with van der Waals surface area (Å²) in [5, 5.41) is 3.31. The Kier molecular flexibility index (Phi) is 3.67. The second-order valence-corrected chi connectivity index (χ2v) is 9.04. The molecule has 2 fully saturated rings. The van der Waals surface area contributed by atoms with Crippen molar-refractivity contribution in [2.45, 2.75) is 24.3 Å². The molecule has 21 heavy (non-hydrogen) atoms. The van der Waals surface area contributed by atoms with Crippen LogP contribution >= 0.6 is 15.9 Å². The summed E-state index contributed by atoms with van der Waals surface area (Å²) in [4.78, 5) is -0.244. The van der Waals surface area contributed by atoms with Crippen LogP contribution in [0.1, 0.15) is 13.8 Å². The van der Waals surface area contributed by atoms with Crippen molar-refractivity contribution >= 4 is 26.0 Å². The maximum Gasteiger partial charge on any atom is 0.246 e. The Bertz CT molecular complexity index is 678. The number of hydrogen-bond acceptors (Lipinski definition) is 3. The van der Waals surface area contributed by atoms with Crippen molar-refractivity contribution in [1.29, 1.82) is 0 Å². The van der Waals surface area contributed by atoms with Gasteiger partial charge in [0.2, 0.25) is 10.0 Å². The van der Waals surface area contributed by atoms with Crippen LogP contribution in [0, 0.1) is 17.7 Å². The first kappa shape index (κ1) is 15.4. The van der Waals surface area contributed by atoms with E-state index in [0.717, 1.165) is 13.1 Å². The highest BCUT2D eigenvalue weighted by molar-refractivity contribution is 9.10. The van der Waals surface area contributed by atoms with E-state index in [1.54, 1.807) is 6.07 Å². The van der Waals surface area contributed by atoms with Gasteiger partial charge in [0.1, 0.15) is 10.7 Å². The molecule has 2 unspecified atom stereocenters. The molecule has 2 aliphatic heterocycles. The van der Waals surface area contributed by atoms with Gasteiger partial charge in [-0.2, -0.15) is 4.31 Å². The quantitative estimate of drug-likeness (QED) is 0.860. The monoisotopic (exact) mass is 376 g/mol. The lowest BCUT2D eigenvalue weighted by Crippen LogP contribution is -2.47. The van der Waals surface area contributed by atoms with Crippen molar-refractivity contribution in [3.8, 4) is 0 Å². The Morgan fingerprint density at radius 3 is 2.71 bits per heavy atom. The van der Waals surface area contributed by atoms with Crippen LogP contribution < -0.4 is 5.32 Å². The fraction of sp³-hybridized carbons (Fsp3) is 0.571. The van der Waals surface area contributed by atoms with Crippen molar-refractivity contribution in [2.24, 2.45) is 11.8 Å². The summed E-state index contributed by atoms with van der Waals surface area (Å²) in [6.07, 6.45) is 0. The molecule has 0 aliphatic carbocycles. The third kappa shape index (κ3) is 2.34. The summed E-state index contributed by atoms with van der Waals surface area (Å²) < 4.78 is 41.8. The first-order valence-electron chi connectivity index (χ1n) is 6.93. The van der Waals surface area contributed by atoms with Gasteiger partial charge in [0.05, 0.1) is 0 Å². The number of fused-ring (bicyclic) bond motifs is 1. The third-order valence-corrected chi connectivity index (χ3v) is 7.33. The molecule has 0 bridgehead atoms. The predicted molar refractivity (Wildman–Crippen MR) is 81.9 cm³/mol. The average Bonchev–Trinajstić information content (AvgIpc) is 2.91. The number of benzene rings is 1. The van der Waals surface area contributed by atoms with Gasteiger partial charge in [-0.1, -0.05) is 15.9 Å². The van der Waals surface area contributed by atoms with Gasteiger partial charge in [0.25, 0.3) is 0 Å². The van der Waals surface area contributed by atoms with Crippen molar-refractivity contribution in [3.05, 3.63) is 28.5 Å². The lowest BCUT2D eigenvalue weighted by Gasteiger charge is -2.34. The van der Waals surface area contributed by atoms with Gasteiger partial charge in [-0.25, -0.2) is 12.8 Å². The highest BCUT2D eigenvalue weighted by atomic mass is 79.9. The maximum atomic E-state index is 14.1. The first-order valence-corrected chi connectivity index (χ1v) is 9.16. The van der Waals surface area contributed by atoms with Crippen molar-refractivity contribution in [3.63, 3.8) is 0 Å². The first-order chi connectivity index (χ1) is 9.74. The molecule has 2 atom stereocenters. The minimum absolute atomic E-state index is 0.244. The molecule has 0 radical (unpaired) electrons. The number of nitrogens with zero attached hydrogens (tertiary/aromatic N) is 1. The van der Waals surface area contributed by atoms with Crippen molar-refractivity contribution in [1.82, 2.24) is 9.62 Å². The zero-order chi connectivity index (χ0) is 15.4. The summed E-state index contributed by atoms with van der Waals surface area (Å²) in [6, 6.07) is 4.08. The number of sulfonamides is 1. The Balaban J connectivity index is 2.03. The van der Waals surface area contributed by atoms with Gasteiger partial charge >= 0.3 is 0 Å². The summed E-state index contributed by atoms with van der Waals surface area (Å²) >= 11 is 3.15. The topological polar surface area (TPSA) is 49.4 Å². The van der Waals surface area contributed by atoms with Gasteiger partial charge < -0.3 is 5.32 Å². The van der Waals surface area contributed by atoms with E-state index in [2.05, 4.69) is 21.2 Å². The second kappa shape index (κ2) is 5.01. The third-order valence-electron chi connectivity index (χ3n) is 4.75. The average molecular weight is 377 g/mol. The van der Waals surface area contributed by atoms with E-state index in [-0.39, 0.29) is 10.8 Å². The van der Waals surface area contributed by atoms with Crippen LogP contribution in [0.15, 0.2) is 27.6 Å². The van der Waals surface area contributed by atoms with Crippen LogP contribution in [-0.4, -0.2) is 37.9 Å². The molecule has 3 rings (SSSR count). The molecule has 2 aliphatic rings. The van der Waals surface area contributed by atoms with Gasteiger partial charge in [0, 0.05) is 23.1 Å². The van der Waals surface area contributed by atoms with Crippen molar-refractivity contribution in [2.75, 3.05) is 19.6 Å². The van der Waals surface area contributed by atoms with Gasteiger partial charge in [-0.3, -0.25) is 0 Å². The van der Waals surface area contributed by atoms with Gasteiger partial charge in [0.15, 0.2) is 0 Å². The standard InChI is InChI=1S/C14H18BrFN2O2S/c1-14(2)11-7-17-6-9(11)8-18(14)21(19,20)13-4-3-10(15)5-12(13)16/h3-5,9,11,17H,6-8H2,1-2H3. The van der Waals surface area contributed by atoms with Crippen molar-refractivity contribution < 1.29 is 12.8 Å². The molecule has 1 aromatic rings. The van der Waals surface area contributed by atoms with Crippen LogP contribution in [0.3, 0.4) is 0 Å². The highest BCUT2D eigenvalue weighted by Gasteiger charge is 2.54. The molecule has 0 saturated carbocycles. The normalized spacial score (nSPS) is 28.8. The van der Waals surface area contributed by atoms with Crippen LogP contribution in [0.25, 0.3) is 0 Å². The summed E-state index contributed by atoms with van der Waals surface area (Å²) in [6.45, 7) is 5.94. The fourth-order valence-electron chi connectivity index (χ4n) is 3.60. The van der Waals surface area contributed by atoms with Crippen LogP contribution in [0.4, 0.5) is 4.39 Å². The Hall–Kier alpha value is -0.500. The van der Waals surface area contributed by atoms with Gasteiger partial charge in [-0.15, -0.1) is 0 Å². The lowest BCUT2D eigenvalue weighted by molar-refractivity contribution is 0.232. The fourth-order valence-corrected chi connectivity index (χ4v) is 5.85. The summed E-state index contributed by atoms with van der Waals surface area (Å²) in [5.74, 6) is -0.144. The number of rotatable bonds is 2. The van der Waals surface area contributed by atoms with E-state index in [1.807, 2.05) is 13.8 Å². The van der Waals surface area contributed by atoms with Gasteiger partial charge in [-0.05, 0) is 50.4 Å². The van der Waals surface area contributed by atoms with E-state index >= 15 is 0 Å². The molecule has 1 N–H and O–H groups in total. The van der Waals surface area contributed by atoms with Crippen LogP contribution in [-0.2, 0) is 10.0 Å². The molecule has 7 heteroatoms. The smallest absolute Gasteiger partial charge is 0.246 e. The molecule has 0 spiro atoms. The minimum atomic E-state index is -3.83. The largest absolute Gasteiger partial charge is 0.316 e. The van der Waals surface area contributed by atoms with E-state index < -0.39 is 21.4 Å². The molecule has 0 aromatic heterocycles. The minimum Gasteiger partial charge on any atom is -0.316 e. The Morgan fingerprint density at radius 2 is 2.10 bits per heavy atom. The van der Waals surface area contributed by atoms with E-state index in [1.165, 1.54) is 16.4 Å². The molecule has 116 valence electrons. The molecule has 2 saturated heterocycles. The van der Waals surface area contributed by atoms with E-state index in [4.69, 9.17) is 0 Å². The number of halogens is 2. The Morgan fingerprint density at radius 1 is 1.38 bits per heavy atom. The predicted octanol–water partition coefficient (Wildman–Crippen LogP) is 2.21. The molecular weight excluding hydrogens is 359 g/mol. The SMILES string of the molecule is CC1(C)C2CNCC2CN1S(=O)(=O)c1ccc(Br)cc1F. The summed E-state index contributed by atoms with van der Waals surface area (Å²) in [7, 11) is -3.83. The summed E-state index contributed by atoms with van der Waals surface area (Å²) in [5.41, 5.74) is -0.507. The molecule has 4 nitrogen and oxygen atoms in total. The zero-order valence-electron chi connectivity index (χ0n) is 11.9. The van der Waals surface area contributed by atoms with E-state index in [9.17, 15) is 12.8 Å². The molecule has 0 amide bonds. The molecule has 1 aromatic carbocycles. The Labute approximate surface area is 132 Å². The van der Waals surface area contributed by atoms with E-state index in [0.29, 0.717) is 16.9 Å². The second-order valence-electron chi connectivity index (χ2n) is 6.29. The zero-order valence-corrected chi connectivity index (χ0v) is 14.3. The maximum absolute atomic E-state index is 14.1. The molecular formula is C14H18BrFN2O2S. The molecule has 2 heterocycles. The van der Waals surface area contributed by atoms with Crippen LogP contribution in [0.5, 0.6) is 0 Å². The lowest BCUT2D eigenvalue weighted by atomic mass is 9.85. The highest BCUT2D eigenvalue weighted by Crippen LogP contribution is 2.43. The number of hydrogen-bond donors (Lipinski definition) is 1.